The number of Topliss-reactive ketones (excluding diaryl/α,β-unsaturated/α-hetero) is 1. The first-order valence-corrected chi connectivity index (χ1v) is 1.62. The molecule has 0 unspecified atom stereocenters. The van der Waals surface area contributed by atoms with Crippen molar-refractivity contribution in [1.29, 1.82) is 0 Å². The van der Waals surface area contributed by atoms with Crippen LogP contribution in [-0.4, -0.2) is 5.78 Å². The zero-order valence-corrected chi connectivity index (χ0v) is 3.02. The Morgan fingerprint density at radius 1 is 1.83 bits per heavy atom. The van der Waals surface area contributed by atoms with Crippen molar-refractivity contribution in [1.82, 2.24) is 0 Å². The number of carbonyl (C=O) groups excluding carboxylic acids is 1. The van der Waals surface area contributed by atoms with Crippen LogP contribution in [0.1, 0.15) is 6.42 Å². The van der Waals surface area contributed by atoms with Gasteiger partial charge in [0.05, 0.1) is 0 Å². The van der Waals surface area contributed by atoms with Crippen LogP contribution in [0.4, 0.5) is 0 Å². The second kappa shape index (κ2) is 0.791. The molecule has 0 aliphatic heterocycles. The standard InChI is InChI=1S/C4H2O2/c5-3-1-4(6)2-3/h1H2. The quantitative estimate of drug-likeness (QED) is 0.352. The fraction of sp³-hybridized carbons (Fsp3) is 0.250. The van der Waals surface area contributed by atoms with E-state index in [9.17, 15) is 9.90 Å². The summed E-state index contributed by atoms with van der Waals surface area (Å²) in [5.41, 5.74) is 0. The summed E-state index contributed by atoms with van der Waals surface area (Å²) in [6, 6.07) is 0. The smallest absolute Gasteiger partial charge is 0.398 e. The third-order valence-electron chi connectivity index (χ3n) is 0.600. The van der Waals surface area contributed by atoms with Gasteiger partial charge in [0.2, 0.25) is 0 Å². The van der Waals surface area contributed by atoms with Gasteiger partial charge < -0.3 is 5.11 Å². The predicted molar refractivity (Wildman–Crippen MR) is 16.4 cm³/mol. The van der Waals surface area contributed by atoms with Crippen LogP contribution in [0, 0.1) is 6.08 Å². The maximum absolute atomic E-state index is 9.78. The van der Waals surface area contributed by atoms with Crippen molar-refractivity contribution in [2.75, 3.05) is 0 Å². The molecule has 0 saturated heterocycles. The minimum absolute atomic E-state index is 0.0833. The van der Waals surface area contributed by atoms with Crippen LogP contribution in [-0.2, 0) is 4.79 Å². The molecule has 1 aliphatic carbocycles. The van der Waals surface area contributed by atoms with Crippen molar-refractivity contribution >= 4 is 5.78 Å². The van der Waals surface area contributed by atoms with E-state index in [1.807, 2.05) is 6.08 Å². The zero-order chi connectivity index (χ0) is 4.57. The minimum Gasteiger partial charge on any atom is -0.835 e. The number of rotatable bonds is 0. The third kappa shape index (κ3) is 0.277. The van der Waals surface area contributed by atoms with Crippen molar-refractivity contribution in [3.8, 4) is 0 Å². The maximum atomic E-state index is 9.78. The van der Waals surface area contributed by atoms with E-state index in [1.54, 1.807) is 0 Å². The molecule has 0 radical (unpaired) electrons. The number of ketones is 1. The Hall–Kier alpha value is -0.880. The molecule has 0 bridgehead atoms. The van der Waals surface area contributed by atoms with Crippen LogP contribution in [0.3, 0.4) is 0 Å². The van der Waals surface area contributed by atoms with E-state index in [1.165, 1.54) is 0 Å². The number of carbonyl (C=O) groups is 1. The maximum Gasteiger partial charge on any atom is 0.398 e. The summed E-state index contributed by atoms with van der Waals surface area (Å²) >= 11 is 0. The minimum atomic E-state index is -0.167. The van der Waals surface area contributed by atoms with Gasteiger partial charge in [-0.2, -0.15) is 0 Å². The summed E-state index contributed by atoms with van der Waals surface area (Å²) in [6.45, 7) is 0. The Morgan fingerprint density at radius 2 is 2.33 bits per heavy atom. The van der Waals surface area contributed by atoms with Crippen molar-refractivity contribution in [3.63, 3.8) is 0 Å². The van der Waals surface area contributed by atoms with Crippen molar-refractivity contribution < 1.29 is 9.90 Å². The lowest BCUT2D eigenvalue weighted by Gasteiger charge is -1.97. The van der Waals surface area contributed by atoms with E-state index in [-0.39, 0.29) is 18.0 Å². The molecule has 1 rings (SSSR count). The zero-order valence-electron chi connectivity index (χ0n) is 3.02. The molecule has 0 atom stereocenters. The molecular weight excluding hydrogens is 80.0 g/mol. The van der Waals surface area contributed by atoms with Gasteiger partial charge in [0.15, 0.2) is 0 Å². The molecule has 2 heteroatoms. The lowest BCUT2D eigenvalue weighted by atomic mass is 10.1. The highest BCUT2D eigenvalue weighted by molar-refractivity contribution is 5.93. The van der Waals surface area contributed by atoms with Crippen LogP contribution in [0.25, 0.3) is 0 Å². The van der Waals surface area contributed by atoms with E-state index in [0.717, 1.165) is 0 Å². The van der Waals surface area contributed by atoms with Crippen LogP contribution >= 0.6 is 0 Å². The summed E-state index contributed by atoms with van der Waals surface area (Å²) in [5.74, 6) is -0.333. The molecule has 0 N–H and O–H groups in total. The van der Waals surface area contributed by atoms with Crippen LogP contribution in [0.2, 0.25) is 0 Å². The van der Waals surface area contributed by atoms with Crippen molar-refractivity contribution in [2.24, 2.45) is 0 Å². The average Bonchev–Trinajstić information content (AvgIpc) is 1.33. The van der Waals surface area contributed by atoms with Gasteiger partial charge in [0.1, 0.15) is 12.2 Å². The highest BCUT2D eigenvalue weighted by atomic mass is 16.3. The van der Waals surface area contributed by atoms with E-state index >= 15 is 0 Å². The van der Waals surface area contributed by atoms with Gasteiger partial charge in [-0.05, 0) is 0 Å². The molecule has 0 heterocycles. The molecule has 1 aliphatic rings. The fourth-order valence-corrected chi connectivity index (χ4v) is 0.283. The Kier molecular flexibility index (Phi) is 0.437. The molecule has 2 nitrogen and oxygen atoms in total. The van der Waals surface area contributed by atoms with Gasteiger partial charge in [-0.3, -0.25) is 0 Å². The third-order valence-corrected chi connectivity index (χ3v) is 0.600. The van der Waals surface area contributed by atoms with E-state index < -0.39 is 0 Å². The van der Waals surface area contributed by atoms with Crippen LogP contribution in [0.5, 0.6) is 0 Å². The van der Waals surface area contributed by atoms with Gasteiger partial charge in [0.25, 0.3) is 6.08 Å². The molecule has 6 heavy (non-hydrogen) atoms. The lowest BCUT2D eigenvalue weighted by Crippen LogP contribution is -2.19. The SMILES string of the molecule is O=C1[C+]=C([O-])C1. The number of hydrogen-bond donors (Lipinski definition) is 0. The summed E-state index contributed by atoms with van der Waals surface area (Å²) in [4.78, 5) is 9.78. The first-order chi connectivity index (χ1) is 2.79. The molecule has 0 amide bonds. The first-order valence-electron chi connectivity index (χ1n) is 1.62. The van der Waals surface area contributed by atoms with E-state index in [4.69, 9.17) is 0 Å². The second-order valence-corrected chi connectivity index (χ2v) is 1.15. The monoisotopic (exact) mass is 82.0 g/mol. The van der Waals surface area contributed by atoms with Gasteiger partial charge in [0, 0.05) is 0 Å². The Balaban J connectivity index is 2.68. The first kappa shape index (κ1) is 3.32. The Morgan fingerprint density at radius 3 is 2.33 bits per heavy atom. The average molecular weight is 82.1 g/mol. The van der Waals surface area contributed by atoms with E-state index in [2.05, 4.69) is 0 Å². The molecule has 0 aromatic heterocycles. The molecule has 0 aromatic rings. The van der Waals surface area contributed by atoms with E-state index in [0.29, 0.717) is 0 Å². The van der Waals surface area contributed by atoms with Gasteiger partial charge in [-0.25, -0.2) is 4.79 Å². The normalized spacial score (nSPS) is 18.0. The van der Waals surface area contributed by atoms with Crippen LogP contribution < -0.4 is 5.11 Å². The number of hydrogen-bond acceptors (Lipinski definition) is 2. The topological polar surface area (TPSA) is 40.1 Å². The Labute approximate surface area is 35.1 Å². The summed E-state index contributed by atoms with van der Waals surface area (Å²) in [6.07, 6.45) is 2.11. The van der Waals surface area contributed by atoms with Gasteiger partial charge >= 0.3 is 5.78 Å². The second-order valence-electron chi connectivity index (χ2n) is 1.15. The lowest BCUT2D eigenvalue weighted by molar-refractivity contribution is -0.309. The van der Waals surface area contributed by atoms with Crippen molar-refractivity contribution in [3.05, 3.63) is 11.8 Å². The number of allylic oxidation sites excluding steroid dienone is 2. The molecular formula is C4H2O2. The molecule has 0 fully saturated rings. The summed E-state index contributed by atoms with van der Waals surface area (Å²) in [7, 11) is 0. The molecule has 30 valence electrons. The van der Waals surface area contributed by atoms with Crippen molar-refractivity contribution in [2.45, 2.75) is 6.42 Å². The largest absolute Gasteiger partial charge is 0.835 e. The molecule has 0 saturated carbocycles. The van der Waals surface area contributed by atoms with Gasteiger partial charge in [-0.1, -0.05) is 0 Å². The summed E-state index contributed by atoms with van der Waals surface area (Å²) in [5, 5.41) is 9.78. The molecule has 0 spiro atoms. The fourth-order valence-electron chi connectivity index (χ4n) is 0.283. The highest BCUT2D eigenvalue weighted by Crippen LogP contribution is 2.03. The predicted octanol–water partition coefficient (Wildman–Crippen LogP) is -0.993. The van der Waals surface area contributed by atoms with Crippen LogP contribution in [0.15, 0.2) is 5.76 Å². The molecule has 0 aromatic carbocycles. The highest BCUT2D eigenvalue weighted by Gasteiger charge is 2.25. The summed E-state index contributed by atoms with van der Waals surface area (Å²) < 4.78 is 0. The van der Waals surface area contributed by atoms with Gasteiger partial charge in [-0.15, -0.1) is 0 Å². The Bertz CT molecular complexity index is 113.